The average molecular weight is 374 g/mol. The summed E-state index contributed by atoms with van der Waals surface area (Å²) in [7, 11) is 0. The molecule has 6 nitrogen and oxygen atoms in total. The van der Waals surface area contributed by atoms with Crippen molar-refractivity contribution in [1.82, 2.24) is 15.1 Å². The van der Waals surface area contributed by atoms with E-state index in [1.807, 2.05) is 18.2 Å². The van der Waals surface area contributed by atoms with Gasteiger partial charge in [0.25, 0.3) is 5.91 Å². The van der Waals surface area contributed by atoms with Gasteiger partial charge in [0.15, 0.2) is 0 Å². The SMILES string of the molecule is O=C(Nc1ccccc1Cc1nc(-c2cccnc2)no1)c1cccc(F)c1. The number of amides is 1. The summed E-state index contributed by atoms with van der Waals surface area (Å²) in [5.74, 6) is -0.000982. The highest BCUT2D eigenvalue weighted by atomic mass is 19.1. The molecule has 0 bridgehead atoms. The molecule has 138 valence electrons. The van der Waals surface area contributed by atoms with Crippen LogP contribution in [-0.2, 0) is 6.42 Å². The molecule has 0 saturated carbocycles. The number of carbonyl (C=O) groups is 1. The standard InChI is InChI=1S/C21H15FN4O2/c22-17-8-3-6-15(11-17)21(27)24-18-9-2-1-5-14(18)12-19-25-20(26-28-19)16-7-4-10-23-13-16/h1-11,13H,12H2,(H,24,27). The smallest absolute Gasteiger partial charge is 0.255 e. The molecule has 0 unspecified atom stereocenters. The third kappa shape index (κ3) is 3.93. The van der Waals surface area contributed by atoms with Crippen LogP contribution < -0.4 is 5.32 Å². The molecule has 7 heteroatoms. The Kier molecular flexibility index (Phi) is 4.88. The van der Waals surface area contributed by atoms with Gasteiger partial charge in [0.1, 0.15) is 5.82 Å². The lowest BCUT2D eigenvalue weighted by Crippen LogP contribution is -2.13. The second-order valence-corrected chi connectivity index (χ2v) is 6.05. The molecule has 4 rings (SSSR count). The average Bonchev–Trinajstić information content (AvgIpc) is 3.19. The lowest BCUT2D eigenvalue weighted by atomic mass is 10.1. The summed E-state index contributed by atoms with van der Waals surface area (Å²) in [5.41, 5.74) is 2.39. The number of pyridine rings is 1. The first-order chi connectivity index (χ1) is 13.7. The Labute approximate surface area is 160 Å². The number of anilines is 1. The van der Waals surface area contributed by atoms with E-state index >= 15 is 0 Å². The van der Waals surface area contributed by atoms with Crippen molar-refractivity contribution in [2.45, 2.75) is 6.42 Å². The molecule has 0 spiro atoms. The number of nitrogens with zero attached hydrogens (tertiary/aromatic N) is 3. The number of hydrogen-bond donors (Lipinski definition) is 1. The fourth-order valence-electron chi connectivity index (χ4n) is 2.72. The minimum Gasteiger partial charge on any atom is -0.339 e. The Balaban J connectivity index is 1.54. The lowest BCUT2D eigenvalue weighted by Gasteiger charge is -2.10. The predicted octanol–water partition coefficient (Wildman–Crippen LogP) is 4.11. The molecule has 4 aromatic rings. The number of nitrogens with one attached hydrogen (secondary N) is 1. The number of carbonyl (C=O) groups excluding carboxylic acids is 1. The fraction of sp³-hybridized carbons (Fsp3) is 0.0476. The van der Waals surface area contributed by atoms with Gasteiger partial charge in [-0.05, 0) is 42.0 Å². The van der Waals surface area contributed by atoms with E-state index < -0.39 is 11.7 Å². The zero-order valence-electron chi connectivity index (χ0n) is 14.7. The number of hydrogen-bond acceptors (Lipinski definition) is 5. The van der Waals surface area contributed by atoms with Crippen molar-refractivity contribution in [3.63, 3.8) is 0 Å². The van der Waals surface area contributed by atoms with Gasteiger partial charge < -0.3 is 9.84 Å². The summed E-state index contributed by atoms with van der Waals surface area (Å²) in [6.07, 6.45) is 3.66. The first kappa shape index (κ1) is 17.5. The van der Waals surface area contributed by atoms with Crippen LogP contribution in [0.2, 0.25) is 0 Å². The Morgan fingerprint density at radius 1 is 1.07 bits per heavy atom. The topological polar surface area (TPSA) is 80.9 Å². The van der Waals surface area contributed by atoms with E-state index in [0.29, 0.717) is 23.8 Å². The molecule has 0 aliphatic heterocycles. The molecule has 1 N–H and O–H groups in total. The van der Waals surface area contributed by atoms with Crippen molar-refractivity contribution in [3.8, 4) is 11.4 Å². The van der Waals surface area contributed by atoms with Gasteiger partial charge in [0.05, 0.1) is 6.42 Å². The number of rotatable bonds is 5. The normalized spacial score (nSPS) is 10.6. The van der Waals surface area contributed by atoms with Crippen molar-refractivity contribution >= 4 is 11.6 Å². The molecular formula is C21H15FN4O2. The minimum atomic E-state index is -0.463. The van der Waals surface area contributed by atoms with Gasteiger partial charge in [0.2, 0.25) is 11.7 Å². The first-order valence-corrected chi connectivity index (χ1v) is 8.57. The molecule has 28 heavy (non-hydrogen) atoms. The van der Waals surface area contributed by atoms with Crippen LogP contribution in [0.1, 0.15) is 21.8 Å². The third-order valence-corrected chi connectivity index (χ3v) is 4.08. The van der Waals surface area contributed by atoms with Crippen LogP contribution in [0.4, 0.5) is 10.1 Å². The van der Waals surface area contributed by atoms with Crippen LogP contribution in [0.25, 0.3) is 11.4 Å². The van der Waals surface area contributed by atoms with Crippen molar-refractivity contribution in [2.75, 3.05) is 5.32 Å². The third-order valence-electron chi connectivity index (χ3n) is 4.08. The van der Waals surface area contributed by atoms with Gasteiger partial charge in [-0.2, -0.15) is 4.98 Å². The summed E-state index contributed by atoms with van der Waals surface area (Å²) in [4.78, 5) is 20.8. The van der Waals surface area contributed by atoms with E-state index in [0.717, 1.165) is 11.1 Å². The molecule has 0 aliphatic carbocycles. The second kappa shape index (κ2) is 7.79. The molecule has 0 aliphatic rings. The monoisotopic (exact) mass is 374 g/mol. The number of para-hydroxylation sites is 1. The van der Waals surface area contributed by atoms with Gasteiger partial charge in [-0.25, -0.2) is 4.39 Å². The van der Waals surface area contributed by atoms with E-state index in [4.69, 9.17) is 4.52 Å². The van der Waals surface area contributed by atoms with Gasteiger partial charge in [0, 0.05) is 29.2 Å². The number of benzene rings is 2. The van der Waals surface area contributed by atoms with Crippen LogP contribution in [-0.4, -0.2) is 21.0 Å². The van der Waals surface area contributed by atoms with Crippen molar-refractivity contribution in [2.24, 2.45) is 0 Å². The summed E-state index contributed by atoms with van der Waals surface area (Å²) in [6.45, 7) is 0. The van der Waals surface area contributed by atoms with Gasteiger partial charge in [-0.15, -0.1) is 0 Å². The van der Waals surface area contributed by atoms with Crippen LogP contribution in [0.5, 0.6) is 0 Å². The molecule has 1 amide bonds. The quantitative estimate of drug-likeness (QED) is 0.568. The Morgan fingerprint density at radius 3 is 2.79 bits per heavy atom. The van der Waals surface area contributed by atoms with Crippen LogP contribution in [0.15, 0.2) is 77.6 Å². The highest BCUT2D eigenvalue weighted by molar-refractivity contribution is 6.04. The minimum absolute atomic E-state index is 0.242. The zero-order chi connectivity index (χ0) is 19.3. The predicted molar refractivity (Wildman–Crippen MR) is 101 cm³/mol. The largest absolute Gasteiger partial charge is 0.339 e. The second-order valence-electron chi connectivity index (χ2n) is 6.05. The Bertz CT molecular complexity index is 1110. The van der Waals surface area contributed by atoms with Crippen LogP contribution >= 0.6 is 0 Å². The Hall–Kier alpha value is -3.87. The van der Waals surface area contributed by atoms with E-state index in [-0.39, 0.29) is 5.56 Å². The maximum absolute atomic E-state index is 13.4. The van der Waals surface area contributed by atoms with E-state index in [9.17, 15) is 9.18 Å². The lowest BCUT2D eigenvalue weighted by molar-refractivity contribution is 0.102. The number of halogens is 1. The highest BCUT2D eigenvalue weighted by Gasteiger charge is 2.14. The molecule has 0 saturated heterocycles. The van der Waals surface area contributed by atoms with E-state index in [2.05, 4.69) is 20.4 Å². The molecule has 2 aromatic heterocycles. The molecule has 0 atom stereocenters. The Morgan fingerprint density at radius 2 is 1.96 bits per heavy atom. The van der Waals surface area contributed by atoms with Crippen molar-refractivity contribution in [3.05, 3.63) is 95.9 Å². The van der Waals surface area contributed by atoms with Gasteiger partial charge in [-0.1, -0.05) is 29.4 Å². The molecule has 2 aromatic carbocycles. The summed E-state index contributed by atoms with van der Waals surface area (Å²) in [6, 6.07) is 16.5. The number of aromatic nitrogens is 3. The summed E-state index contributed by atoms with van der Waals surface area (Å²) >= 11 is 0. The van der Waals surface area contributed by atoms with Crippen molar-refractivity contribution < 1.29 is 13.7 Å². The molecule has 0 fully saturated rings. The highest BCUT2D eigenvalue weighted by Crippen LogP contribution is 2.21. The molecule has 2 heterocycles. The summed E-state index contributed by atoms with van der Waals surface area (Å²) in [5, 5.41) is 6.78. The maximum atomic E-state index is 13.4. The van der Waals surface area contributed by atoms with Gasteiger partial charge >= 0.3 is 0 Å². The maximum Gasteiger partial charge on any atom is 0.255 e. The van der Waals surface area contributed by atoms with E-state index in [1.54, 1.807) is 36.7 Å². The van der Waals surface area contributed by atoms with Crippen LogP contribution in [0, 0.1) is 5.82 Å². The first-order valence-electron chi connectivity index (χ1n) is 8.57. The van der Waals surface area contributed by atoms with Crippen molar-refractivity contribution in [1.29, 1.82) is 0 Å². The van der Waals surface area contributed by atoms with Gasteiger partial charge in [-0.3, -0.25) is 9.78 Å². The fourth-order valence-corrected chi connectivity index (χ4v) is 2.72. The zero-order valence-corrected chi connectivity index (χ0v) is 14.7. The molecular weight excluding hydrogens is 359 g/mol. The molecule has 0 radical (unpaired) electrons. The summed E-state index contributed by atoms with van der Waals surface area (Å²) < 4.78 is 18.7. The van der Waals surface area contributed by atoms with Crippen LogP contribution in [0.3, 0.4) is 0 Å². The van der Waals surface area contributed by atoms with E-state index in [1.165, 1.54) is 18.2 Å².